The second-order valence-corrected chi connectivity index (χ2v) is 4.25. The van der Waals surface area contributed by atoms with E-state index in [1.165, 1.54) is 5.57 Å². The number of rotatable bonds is 6. The van der Waals surface area contributed by atoms with Crippen LogP contribution in [0.3, 0.4) is 0 Å². The third-order valence-corrected chi connectivity index (χ3v) is 2.35. The molecule has 0 aliphatic rings. The average molecular weight is 223 g/mol. The van der Waals surface area contributed by atoms with E-state index in [1.807, 2.05) is 19.1 Å². The van der Waals surface area contributed by atoms with Crippen LogP contribution in [0.1, 0.15) is 25.4 Å². The normalized spacial score (nSPS) is 10.8. The van der Waals surface area contributed by atoms with Crippen molar-refractivity contribution in [2.24, 2.45) is 0 Å². The lowest BCUT2D eigenvalue weighted by molar-refractivity contribution is 0.193. The molecule has 0 amide bonds. The maximum absolute atomic E-state index is 8.99. The van der Waals surface area contributed by atoms with Gasteiger partial charge in [-0.3, -0.25) is 4.90 Å². The summed E-state index contributed by atoms with van der Waals surface area (Å²) in [6.07, 6.45) is 2.16. The fraction of sp³-hybridized carbons (Fsp3) is 0.538. The molecule has 90 valence electrons. The van der Waals surface area contributed by atoms with Crippen LogP contribution < -0.4 is 0 Å². The Labute approximate surface area is 97.4 Å². The van der Waals surface area contributed by atoms with Gasteiger partial charge in [-0.2, -0.15) is 0 Å². The molecule has 0 fully saturated rings. The van der Waals surface area contributed by atoms with Gasteiger partial charge in [-0.25, -0.2) is 0 Å². The number of aryl methyl sites for hydroxylation is 1. The molecule has 3 heteroatoms. The van der Waals surface area contributed by atoms with Crippen molar-refractivity contribution in [1.29, 1.82) is 0 Å². The zero-order valence-electron chi connectivity index (χ0n) is 10.4. The Kier molecular flexibility index (Phi) is 5.29. The van der Waals surface area contributed by atoms with Crippen molar-refractivity contribution in [3.63, 3.8) is 0 Å². The van der Waals surface area contributed by atoms with Crippen LogP contribution in [0.5, 0.6) is 0 Å². The number of hydrogen-bond acceptors (Lipinski definition) is 3. The fourth-order valence-corrected chi connectivity index (χ4v) is 1.48. The molecule has 0 atom stereocenters. The lowest BCUT2D eigenvalue weighted by Gasteiger charge is -2.18. The molecule has 0 aliphatic carbocycles. The van der Waals surface area contributed by atoms with Crippen LogP contribution in [-0.4, -0.2) is 29.7 Å². The second kappa shape index (κ2) is 6.51. The molecule has 1 N–H and O–H groups in total. The summed E-state index contributed by atoms with van der Waals surface area (Å²) < 4.78 is 5.52. The van der Waals surface area contributed by atoms with Crippen molar-refractivity contribution in [1.82, 2.24) is 4.90 Å². The van der Waals surface area contributed by atoms with E-state index in [4.69, 9.17) is 9.52 Å². The third kappa shape index (κ3) is 4.64. The average Bonchev–Trinajstić information content (AvgIpc) is 2.61. The molecule has 0 unspecified atom stereocenters. The number of hydrogen-bond donors (Lipinski definition) is 1. The molecule has 0 aliphatic heterocycles. The Balaban J connectivity index is 2.53. The first kappa shape index (κ1) is 13.0. The molecular formula is C13H21NO2. The monoisotopic (exact) mass is 223 g/mol. The minimum absolute atomic E-state index is 0.177. The molecule has 0 aromatic carbocycles. The zero-order valence-corrected chi connectivity index (χ0v) is 10.4. The van der Waals surface area contributed by atoms with Gasteiger partial charge in [0.05, 0.1) is 13.2 Å². The van der Waals surface area contributed by atoms with E-state index < -0.39 is 0 Å². The Morgan fingerprint density at radius 2 is 2.19 bits per heavy atom. The van der Waals surface area contributed by atoms with Crippen molar-refractivity contribution in [2.75, 3.05) is 19.7 Å². The highest BCUT2D eigenvalue weighted by Crippen LogP contribution is 2.09. The summed E-state index contributed by atoms with van der Waals surface area (Å²) in [7, 11) is 0. The lowest BCUT2D eigenvalue weighted by Crippen LogP contribution is -2.26. The minimum atomic E-state index is 0.177. The van der Waals surface area contributed by atoms with Gasteiger partial charge < -0.3 is 9.52 Å². The molecule has 0 saturated heterocycles. The van der Waals surface area contributed by atoms with Gasteiger partial charge >= 0.3 is 0 Å². The third-order valence-electron chi connectivity index (χ3n) is 2.35. The zero-order chi connectivity index (χ0) is 12.0. The fourth-order valence-electron chi connectivity index (χ4n) is 1.48. The van der Waals surface area contributed by atoms with Crippen LogP contribution in [0.4, 0.5) is 0 Å². The van der Waals surface area contributed by atoms with Crippen LogP contribution in [0.15, 0.2) is 28.2 Å². The van der Waals surface area contributed by atoms with Crippen molar-refractivity contribution < 1.29 is 9.52 Å². The summed E-state index contributed by atoms with van der Waals surface area (Å²) in [5.74, 6) is 1.88. The van der Waals surface area contributed by atoms with Crippen molar-refractivity contribution in [3.05, 3.63) is 35.3 Å². The van der Waals surface area contributed by atoms with E-state index >= 15 is 0 Å². The van der Waals surface area contributed by atoms with Gasteiger partial charge in [0, 0.05) is 13.1 Å². The first-order chi connectivity index (χ1) is 7.61. The maximum atomic E-state index is 8.99. The van der Waals surface area contributed by atoms with Crippen molar-refractivity contribution in [3.8, 4) is 0 Å². The van der Waals surface area contributed by atoms with Crippen molar-refractivity contribution in [2.45, 2.75) is 27.3 Å². The predicted octanol–water partition coefficient (Wildman–Crippen LogP) is 2.35. The Morgan fingerprint density at radius 1 is 1.44 bits per heavy atom. The molecule has 1 heterocycles. The van der Waals surface area contributed by atoms with Gasteiger partial charge in [-0.05, 0) is 32.9 Å². The van der Waals surface area contributed by atoms with Gasteiger partial charge in [0.1, 0.15) is 11.5 Å². The topological polar surface area (TPSA) is 36.6 Å². The summed E-state index contributed by atoms with van der Waals surface area (Å²) in [4.78, 5) is 2.16. The molecule has 0 radical (unpaired) electrons. The highest BCUT2D eigenvalue weighted by Gasteiger charge is 2.06. The van der Waals surface area contributed by atoms with E-state index in [9.17, 15) is 0 Å². The lowest BCUT2D eigenvalue weighted by atomic mass is 10.3. The number of nitrogens with zero attached hydrogens (tertiary/aromatic N) is 1. The number of allylic oxidation sites excluding steroid dienone is 1. The number of furan rings is 1. The number of aliphatic hydroxyl groups excluding tert-OH is 1. The quantitative estimate of drug-likeness (QED) is 0.752. The number of aliphatic hydroxyl groups is 1. The van der Waals surface area contributed by atoms with Crippen LogP contribution in [-0.2, 0) is 6.54 Å². The molecule has 0 saturated carbocycles. The maximum Gasteiger partial charge on any atom is 0.118 e. The smallest absolute Gasteiger partial charge is 0.118 e. The Bertz CT molecular complexity index is 337. The standard InChI is InChI=1S/C13H21NO2/c1-11(2)6-7-14(8-9-15)10-13-5-4-12(3)16-13/h4-6,15H,7-10H2,1-3H3. The SMILES string of the molecule is CC(C)=CCN(CCO)Cc1ccc(C)o1. The molecule has 0 spiro atoms. The summed E-state index contributed by atoms with van der Waals surface area (Å²) in [5, 5.41) is 8.99. The summed E-state index contributed by atoms with van der Waals surface area (Å²) in [5.41, 5.74) is 1.29. The van der Waals surface area contributed by atoms with E-state index in [1.54, 1.807) is 0 Å². The highest BCUT2D eigenvalue weighted by atomic mass is 16.3. The minimum Gasteiger partial charge on any atom is -0.465 e. The Morgan fingerprint density at radius 3 is 2.69 bits per heavy atom. The van der Waals surface area contributed by atoms with Crippen molar-refractivity contribution >= 4 is 0 Å². The van der Waals surface area contributed by atoms with Gasteiger partial charge in [0.15, 0.2) is 0 Å². The van der Waals surface area contributed by atoms with Crippen LogP contribution >= 0.6 is 0 Å². The summed E-state index contributed by atoms with van der Waals surface area (Å²) >= 11 is 0. The summed E-state index contributed by atoms with van der Waals surface area (Å²) in [6, 6.07) is 3.95. The molecule has 1 rings (SSSR count). The molecule has 0 bridgehead atoms. The molecule has 3 nitrogen and oxygen atoms in total. The van der Waals surface area contributed by atoms with Crippen LogP contribution in [0, 0.1) is 6.92 Å². The molecule has 1 aromatic rings. The van der Waals surface area contributed by atoms with E-state index in [0.717, 1.165) is 24.6 Å². The van der Waals surface area contributed by atoms with E-state index in [2.05, 4.69) is 24.8 Å². The second-order valence-electron chi connectivity index (χ2n) is 4.25. The van der Waals surface area contributed by atoms with Crippen LogP contribution in [0.2, 0.25) is 0 Å². The summed E-state index contributed by atoms with van der Waals surface area (Å²) in [6.45, 7) is 8.54. The van der Waals surface area contributed by atoms with Crippen LogP contribution in [0.25, 0.3) is 0 Å². The first-order valence-corrected chi connectivity index (χ1v) is 5.63. The van der Waals surface area contributed by atoms with E-state index in [0.29, 0.717) is 6.54 Å². The first-order valence-electron chi connectivity index (χ1n) is 5.63. The molecule has 1 aromatic heterocycles. The van der Waals surface area contributed by atoms with Gasteiger partial charge in [-0.1, -0.05) is 11.6 Å². The Hall–Kier alpha value is -1.06. The van der Waals surface area contributed by atoms with Gasteiger partial charge in [0.25, 0.3) is 0 Å². The van der Waals surface area contributed by atoms with Gasteiger partial charge in [-0.15, -0.1) is 0 Å². The largest absolute Gasteiger partial charge is 0.465 e. The van der Waals surface area contributed by atoms with E-state index in [-0.39, 0.29) is 6.61 Å². The predicted molar refractivity (Wildman–Crippen MR) is 65.2 cm³/mol. The molecular weight excluding hydrogens is 202 g/mol. The van der Waals surface area contributed by atoms with Gasteiger partial charge in [0.2, 0.25) is 0 Å². The molecule has 16 heavy (non-hydrogen) atoms. The highest BCUT2D eigenvalue weighted by molar-refractivity contribution is 5.06.